The first-order valence-corrected chi connectivity index (χ1v) is 7.94. The fourth-order valence-corrected chi connectivity index (χ4v) is 2.96. The van der Waals surface area contributed by atoms with E-state index in [1.54, 1.807) is 6.07 Å². The maximum absolute atomic E-state index is 15.0. The summed E-state index contributed by atoms with van der Waals surface area (Å²) in [5.41, 5.74) is 0.730. The van der Waals surface area contributed by atoms with Gasteiger partial charge in [-0.2, -0.15) is 5.10 Å². The summed E-state index contributed by atoms with van der Waals surface area (Å²) in [4.78, 5) is 23.9. The summed E-state index contributed by atoms with van der Waals surface area (Å²) in [6, 6.07) is 7.62. The lowest BCUT2D eigenvalue weighted by molar-refractivity contribution is -0.139. The van der Waals surface area contributed by atoms with Crippen molar-refractivity contribution in [1.82, 2.24) is 15.5 Å². The third-order valence-electron chi connectivity index (χ3n) is 4.25. The topological polar surface area (TPSA) is 84.1 Å². The Bertz CT molecular complexity index is 1030. The number of benzene rings is 2. The number of amides is 1. The summed E-state index contributed by atoms with van der Waals surface area (Å²) in [5, 5.41) is 9.27. The second-order valence-electron chi connectivity index (χ2n) is 5.91. The molecule has 1 saturated heterocycles. The van der Waals surface area contributed by atoms with Crippen molar-refractivity contribution in [2.45, 2.75) is 12.5 Å². The molecule has 2 heterocycles. The standard InChI is InChI=1S/C18H13F2N3O3/c19-10-3-1-2-9(8-10)16-14-12(22-23-16)5-4-11(15(14)20)17(24)21-13-6-7-26-18(13)25/h1-5,8,13H,6-7H2,(H,21,24)(H,22,23)/t13-/m1/s1. The first-order chi connectivity index (χ1) is 12.5. The van der Waals surface area contributed by atoms with Crippen LogP contribution in [-0.4, -0.2) is 34.7 Å². The molecule has 1 atom stereocenters. The summed E-state index contributed by atoms with van der Waals surface area (Å²) in [5.74, 6) is -2.53. The van der Waals surface area contributed by atoms with Gasteiger partial charge >= 0.3 is 5.97 Å². The molecule has 1 fully saturated rings. The molecule has 1 aromatic heterocycles. The number of fused-ring (bicyclic) bond motifs is 1. The number of cyclic esters (lactones) is 1. The lowest BCUT2D eigenvalue weighted by atomic mass is 10.0. The number of ether oxygens (including phenoxy) is 1. The van der Waals surface area contributed by atoms with Crippen LogP contribution >= 0.6 is 0 Å². The molecular weight excluding hydrogens is 344 g/mol. The van der Waals surface area contributed by atoms with E-state index in [4.69, 9.17) is 4.74 Å². The van der Waals surface area contributed by atoms with Gasteiger partial charge < -0.3 is 10.1 Å². The smallest absolute Gasteiger partial charge is 0.328 e. The zero-order chi connectivity index (χ0) is 18.3. The molecule has 2 aromatic carbocycles. The van der Waals surface area contributed by atoms with E-state index in [-0.39, 0.29) is 23.3 Å². The highest BCUT2D eigenvalue weighted by molar-refractivity contribution is 6.03. The molecule has 0 spiro atoms. The van der Waals surface area contributed by atoms with Crippen molar-refractivity contribution < 1.29 is 23.1 Å². The molecule has 1 aliphatic heterocycles. The molecule has 26 heavy (non-hydrogen) atoms. The van der Waals surface area contributed by atoms with Crippen molar-refractivity contribution in [1.29, 1.82) is 0 Å². The zero-order valence-corrected chi connectivity index (χ0v) is 13.4. The lowest BCUT2D eigenvalue weighted by Gasteiger charge is -2.10. The van der Waals surface area contributed by atoms with Crippen LogP contribution in [0, 0.1) is 11.6 Å². The maximum Gasteiger partial charge on any atom is 0.328 e. The number of hydrogen-bond acceptors (Lipinski definition) is 4. The van der Waals surface area contributed by atoms with Gasteiger partial charge in [0.15, 0.2) is 0 Å². The van der Waals surface area contributed by atoms with Crippen LogP contribution in [0.15, 0.2) is 36.4 Å². The van der Waals surface area contributed by atoms with E-state index in [0.29, 0.717) is 17.5 Å². The van der Waals surface area contributed by atoms with E-state index in [9.17, 15) is 14.0 Å². The quantitative estimate of drug-likeness (QED) is 0.706. The molecule has 0 saturated carbocycles. The number of halogens is 2. The molecule has 3 aromatic rings. The summed E-state index contributed by atoms with van der Waals surface area (Å²) >= 11 is 0. The van der Waals surface area contributed by atoms with Crippen LogP contribution in [0.5, 0.6) is 0 Å². The van der Waals surface area contributed by atoms with Gasteiger partial charge in [-0.15, -0.1) is 0 Å². The van der Waals surface area contributed by atoms with Gasteiger partial charge in [0.1, 0.15) is 23.4 Å². The fraction of sp³-hybridized carbons (Fsp3) is 0.167. The number of rotatable bonds is 3. The minimum absolute atomic E-state index is 0.0808. The minimum atomic E-state index is -0.792. The fourth-order valence-electron chi connectivity index (χ4n) is 2.96. The molecule has 4 rings (SSSR count). The molecule has 1 aliphatic rings. The Hall–Kier alpha value is -3.29. The number of carbonyl (C=O) groups is 2. The second-order valence-corrected chi connectivity index (χ2v) is 5.91. The van der Waals surface area contributed by atoms with Gasteiger partial charge in [0, 0.05) is 12.0 Å². The van der Waals surface area contributed by atoms with Gasteiger partial charge in [0.25, 0.3) is 5.91 Å². The van der Waals surface area contributed by atoms with Gasteiger partial charge in [-0.1, -0.05) is 12.1 Å². The number of hydrogen-bond donors (Lipinski definition) is 2. The van der Waals surface area contributed by atoms with E-state index >= 15 is 4.39 Å². The lowest BCUT2D eigenvalue weighted by Crippen LogP contribution is -2.38. The molecular formula is C18H13F2N3O3. The van der Waals surface area contributed by atoms with Crippen molar-refractivity contribution in [2.24, 2.45) is 0 Å². The molecule has 0 bridgehead atoms. The van der Waals surface area contributed by atoms with Crippen molar-refractivity contribution in [3.05, 3.63) is 53.6 Å². The predicted octanol–water partition coefficient (Wildman–Crippen LogP) is 2.55. The molecule has 2 N–H and O–H groups in total. The highest BCUT2D eigenvalue weighted by Gasteiger charge is 2.29. The van der Waals surface area contributed by atoms with E-state index < -0.39 is 29.6 Å². The first kappa shape index (κ1) is 16.2. The number of nitrogens with zero attached hydrogens (tertiary/aromatic N) is 1. The monoisotopic (exact) mass is 357 g/mol. The van der Waals surface area contributed by atoms with Gasteiger partial charge in [-0.3, -0.25) is 9.89 Å². The van der Waals surface area contributed by atoms with Crippen molar-refractivity contribution >= 4 is 22.8 Å². The number of aromatic nitrogens is 2. The number of esters is 1. The Morgan fingerprint density at radius 1 is 1.27 bits per heavy atom. The summed E-state index contributed by atoms with van der Waals surface area (Å²) < 4.78 is 33.3. The minimum Gasteiger partial charge on any atom is -0.464 e. The Morgan fingerprint density at radius 2 is 2.12 bits per heavy atom. The van der Waals surface area contributed by atoms with E-state index in [1.165, 1.54) is 30.3 Å². The first-order valence-electron chi connectivity index (χ1n) is 7.94. The van der Waals surface area contributed by atoms with Crippen LogP contribution < -0.4 is 5.32 Å². The van der Waals surface area contributed by atoms with Crippen LogP contribution in [0.1, 0.15) is 16.8 Å². The average Bonchev–Trinajstić information content (AvgIpc) is 3.22. The number of carbonyl (C=O) groups excluding carboxylic acids is 2. The Labute approximate surface area is 146 Å². The van der Waals surface area contributed by atoms with Gasteiger partial charge in [0.05, 0.1) is 23.1 Å². The highest BCUT2D eigenvalue weighted by Crippen LogP contribution is 2.30. The van der Waals surface area contributed by atoms with Crippen molar-refractivity contribution in [2.75, 3.05) is 6.61 Å². The largest absolute Gasteiger partial charge is 0.464 e. The molecule has 0 unspecified atom stereocenters. The second kappa shape index (κ2) is 6.21. The Morgan fingerprint density at radius 3 is 2.85 bits per heavy atom. The van der Waals surface area contributed by atoms with Crippen LogP contribution in [-0.2, 0) is 9.53 Å². The van der Waals surface area contributed by atoms with Crippen molar-refractivity contribution in [3.63, 3.8) is 0 Å². The predicted molar refractivity (Wildman–Crippen MR) is 88.3 cm³/mol. The number of H-pyrrole nitrogens is 1. The summed E-state index contributed by atoms with van der Waals surface area (Å²) in [6.45, 7) is 0.219. The average molecular weight is 357 g/mol. The van der Waals surface area contributed by atoms with Gasteiger partial charge in [0.2, 0.25) is 0 Å². The number of nitrogens with one attached hydrogen (secondary N) is 2. The Kier molecular flexibility index (Phi) is 3.87. The normalized spacial score (nSPS) is 16.7. The summed E-state index contributed by atoms with van der Waals surface area (Å²) in [6.07, 6.45) is 0.342. The van der Waals surface area contributed by atoms with E-state index in [0.717, 1.165) is 0 Å². The molecule has 0 aliphatic carbocycles. The third-order valence-corrected chi connectivity index (χ3v) is 4.25. The molecule has 0 radical (unpaired) electrons. The molecule has 132 valence electrons. The highest BCUT2D eigenvalue weighted by atomic mass is 19.1. The SMILES string of the molecule is O=C(N[C@@H]1CCOC1=O)c1ccc2[nH]nc(-c3cccc(F)c3)c2c1F. The molecule has 6 nitrogen and oxygen atoms in total. The summed E-state index contributed by atoms with van der Waals surface area (Å²) in [7, 11) is 0. The Balaban J connectivity index is 1.75. The third kappa shape index (κ3) is 2.69. The van der Waals surface area contributed by atoms with Crippen molar-refractivity contribution in [3.8, 4) is 11.3 Å². The van der Waals surface area contributed by atoms with E-state index in [1.807, 2.05) is 0 Å². The van der Waals surface area contributed by atoms with Gasteiger partial charge in [-0.05, 0) is 24.3 Å². The molecule has 1 amide bonds. The van der Waals surface area contributed by atoms with Crippen LogP contribution in [0.3, 0.4) is 0 Å². The van der Waals surface area contributed by atoms with Crippen LogP contribution in [0.2, 0.25) is 0 Å². The maximum atomic E-state index is 15.0. The van der Waals surface area contributed by atoms with Gasteiger partial charge in [-0.25, -0.2) is 13.6 Å². The molecule has 8 heteroatoms. The number of aromatic amines is 1. The zero-order valence-electron chi connectivity index (χ0n) is 13.4. The van der Waals surface area contributed by atoms with E-state index in [2.05, 4.69) is 15.5 Å². The van der Waals surface area contributed by atoms with Crippen LogP contribution in [0.4, 0.5) is 8.78 Å². The van der Waals surface area contributed by atoms with Crippen LogP contribution in [0.25, 0.3) is 22.2 Å².